The molecule has 6 nitrogen and oxygen atoms in total. The van der Waals surface area contributed by atoms with Gasteiger partial charge < -0.3 is 9.80 Å². The Bertz CT molecular complexity index is 943. The quantitative estimate of drug-likeness (QED) is 0.782. The summed E-state index contributed by atoms with van der Waals surface area (Å²) >= 11 is 1.04. The Morgan fingerprint density at radius 2 is 1.70 bits per heavy atom. The van der Waals surface area contributed by atoms with Crippen molar-refractivity contribution in [1.82, 2.24) is 9.21 Å². The van der Waals surface area contributed by atoms with E-state index in [0.717, 1.165) is 11.3 Å². The van der Waals surface area contributed by atoms with Crippen LogP contribution in [-0.2, 0) is 10.0 Å². The lowest BCUT2D eigenvalue weighted by Crippen LogP contribution is -2.48. The van der Waals surface area contributed by atoms with Crippen molar-refractivity contribution in [1.29, 1.82) is 0 Å². The molecule has 1 aliphatic heterocycles. The number of aryl methyl sites for hydroxylation is 2. The zero-order chi connectivity index (χ0) is 19.8. The summed E-state index contributed by atoms with van der Waals surface area (Å²) in [6.07, 6.45) is 0. The van der Waals surface area contributed by atoms with Gasteiger partial charge in [-0.15, -0.1) is 11.3 Å². The van der Waals surface area contributed by atoms with Crippen LogP contribution in [0.2, 0.25) is 0 Å². The SMILES string of the molecule is Cc1ccc(C)c(N2CCN(S(=O)(=O)c3ccc(C(=O)N(C)C)s3)CC2)c1. The van der Waals surface area contributed by atoms with E-state index in [1.54, 1.807) is 20.2 Å². The van der Waals surface area contributed by atoms with Crippen LogP contribution >= 0.6 is 11.3 Å². The lowest BCUT2D eigenvalue weighted by molar-refractivity contribution is 0.0832. The minimum absolute atomic E-state index is 0.179. The zero-order valence-electron chi connectivity index (χ0n) is 16.1. The zero-order valence-corrected chi connectivity index (χ0v) is 17.7. The molecule has 8 heteroatoms. The van der Waals surface area contributed by atoms with E-state index in [2.05, 4.69) is 36.9 Å². The van der Waals surface area contributed by atoms with Crippen LogP contribution in [0.15, 0.2) is 34.5 Å². The molecular formula is C19H25N3O3S2. The van der Waals surface area contributed by atoms with E-state index in [4.69, 9.17) is 0 Å². The smallest absolute Gasteiger partial charge is 0.263 e. The minimum atomic E-state index is -3.57. The molecule has 0 atom stereocenters. The van der Waals surface area contributed by atoms with E-state index in [1.807, 2.05) is 0 Å². The van der Waals surface area contributed by atoms with E-state index in [-0.39, 0.29) is 10.1 Å². The molecule has 0 saturated carbocycles. The number of anilines is 1. The van der Waals surface area contributed by atoms with Crippen molar-refractivity contribution in [2.45, 2.75) is 18.1 Å². The lowest BCUT2D eigenvalue weighted by atomic mass is 10.1. The summed E-state index contributed by atoms with van der Waals surface area (Å²) in [5.41, 5.74) is 3.56. The Morgan fingerprint density at radius 3 is 2.33 bits per heavy atom. The maximum absolute atomic E-state index is 13.0. The first kappa shape index (κ1) is 19.9. The highest BCUT2D eigenvalue weighted by Crippen LogP contribution is 2.28. The summed E-state index contributed by atoms with van der Waals surface area (Å²) in [5, 5.41) is 0. The Balaban J connectivity index is 1.73. The second-order valence-electron chi connectivity index (χ2n) is 7.00. The molecule has 2 heterocycles. The number of piperazine rings is 1. The van der Waals surface area contributed by atoms with E-state index < -0.39 is 10.0 Å². The van der Waals surface area contributed by atoms with Crippen LogP contribution in [0, 0.1) is 13.8 Å². The van der Waals surface area contributed by atoms with Crippen LogP contribution in [0.5, 0.6) is 0 Å². The highest BCUT2D eigenvalue weighted by molar-refractivity contribution is 7.91. The molecule has 1 aliphatic rings. The van der Waals surface area contributed by atoms with E-state index in [9.17, 15) is 13.2 Å². The van der Waals surface area contributed by atoms with Gasteiger partial charge in [0.05, 0.1) is 4.88 Å². The highest BCUT2D eigenvalue weighted by atomic mass is 32.2. The average Bonchev–Trinajstić information content (AvgIpc) is 3.14. The van der Waals surface area contributed by atoms with Crippen molar-refractivity contribution in [2.75, 3.05) is 45.2 Å². The third-order valence-corrected chi connectivity index (χ3v) is 8.18. The molecule has 2 aromatic rings. The number of rotatable bonds is 4. The van der Waals surface area contributed by atoms with Gasteiger partial charge in [-0.3, -0.25) is 4.79 Å². The van der Waals surface area contributed by atoms with Crippen LogP contribution in [-0.4, -0.2) is 63.8 Å². The molecule has 0 aliphatic carbocycles. The van der Waals surface area contributed by atoms with Gasteiger partial charge in [-0.1, -0.05) is 12.1 Å². The predicted molar refractivity (Wildman–Crippen MR) is 109 cm³/mol. The lowest BCUT2D eigenvalue weighted by Gasteiger charge is -2.36. The third-order valence-electron chi connectivity index (χ3n) is 4.74. The molecule has 1 saturated heterocycles. The largest absolute Gasteiger partial charge is 0.369 e. The third kappa shape index (κ3) is 4.02. The Labute approximate surface area is 165 Å². The van der Waals surface area contributed by atoms with Gasteiger partial charge in [0.25, 0.3) is 15.9 Å². The van der Waals surface area contributed by atoms with Gasteiger partial charge in [-0.2, -0.15) is 4.31 Å². The number of hydrogen-bond acceptors (Lipinski definition) is 5. The molecule has 0 N–H and O–H groups in total. The number of carbonyl (C=O) groups excluding carboxylic acids is 1. The van der Waals surface area contributed by atoms with Crippen molar-refractivity contribution >= 4 is 33.0 Å². The molecule has 3 rings (SSSR count). The number of benzene rings is 1. The number of nitrogens with zero attached hydrogens (tertiary/aromatic N) is 3. The molecule has 1 amide bonds. The Kier molecular flexibility index (Phi) is 5.60. The summed E-state index contributed by atoms with van der Waals surface area (Å²) in [4.78, 5) is 16.2. The molecule has 0 spiro atoms. The minimum Gasteiger partial charge on any atom is -0.369 e. The number of sulfonamides is 1. The van der Waals surface area contributed by atoms with Crippen molar-refractivity contribution in [3.8, 4) is 0 Å². The van der Waals surface area contributed by atoms with Gasteiger partial charge in [0.15, 0.2) is 0 Å². The first-order valence-corrected chi connectivity index (χ1v) is 11.1. The van der Waals surface area contributed by atoms with Gasteiger partial charge in [0, 0.05) is 46.0 Å². The average molecular weight is 408 g/mol. The maximum atomic E-state index is 13.0. The van der Waals surface area contributed by atoms with Gasteiger partial charge >= 0.3 is 0 Å². The number of thiophene rings is 1. The molecule has 0 bridgehead atoms. The van der Waals surface area contributed by atoms with E-state index in [1.165, 1.54) is 32.1 Å². The highest BCUT2D eigenvalue weighted by Gasteiger charge is 2.30. The second kappa shape index (κ2) is 7.61. The van der Waals surface area contributed by atoms with Crippen LogP contribution < -0.4 is 4.90 Å². The fourth-order valence-corrected chi connectivity index (χ4v) is 6.05. The summed E-state index contributed by atoms with van der Waals surface area (Å²) in [5.74, 6) is -0.179. The molecule has 27 heavy (non-hydrogen) atoms. The predicted octanol–water partition coefficient (Wildman–Crippen LogP) is 2.58. The van der Waals surface area contributed by atoms with Crippen molar-refractivity contribution in [2.24, 2.45) is 0 Å². The molecule has 0 radical (unpaired) electrons. The van der Waals surface area contributed by atoms with Crippen LogP contribution in [0.25, 0.3) is 0 Å². The van der Waals surface area contributed by atoms with E-state index >= 15 is 0 Å². The molecule has 1 aromatic heterocycles. The maximum Gasteiger partial charge on any atom is 0.263 e. The summed E-state index contributed by atoms with van der Waals surface area (Å²) in [6, 6.07) is 9.46. The monoisotopic (exact) mass is 407 g/mol. The Hall–Kier alpha value is -1.90. The fraction of sp³-hybridized carbons (Fsp3) is 0.421. The molecular weight excluding hydrogens is 382 g/mol. The van der Waals surface area contributed by atoms with Gasteiger partial charge in [-0.25, -0.2) is 8.42 Å². The van der Waals surface area contributed by atoms with Crippen molar-refractivity contribution < 1.29 is 13.2 Å². The molecule has 1 fully saturated rings. The topological polar surface area (TPSA) is 60.9 Å². The fourth-order valence-electron chi connectivity index (χ4n) is 3.15. The van der Waals surface area contributed by atoms with Gasteiger partial charge in [-0.05, 0) is 43.2 Å². The van der Waals surface area contributed by atoms with Gasteiger partial charge in [0.1, 0.15) is 4.21 Å². The van der Waals surface area contributed by atoms with Crippen LogP contribution in [0.4, 0.5) is 5.69 Å². The van der Waals surface area contributed by atoms with Crippen LogP contribution in [0.1, 0.15) is 20.8 Å². The second-order valence-corrected chi connectivity index (χ2v) is 10.2. The molecule has 0 unspecified atom stereocenters. The molecule has 1 aromatic carbocycles. The first-order chi connectivity index (χ1) is 12.7. The summed E-state index contributed by atoms with van der Waals surface area (Å²) < 4.78 is 27.6. The number of carbonyl (C=O) groups is 1. The number of amides is 1. The standard InChI is InChI=1S/C19H25N3O3S2/c1-14-5-6-15(2)16(13-14)21-9-11-22(12-10-21)27(24,25)18-8-7-17(26-18)19(23)20(3)4/h5-8,13H,9-12H2,1-4H3. The summed E-state index contributed by atoms with van der Waals surface area (Å²) in [6.45, 7) is 6.31. The van der Waals surface area contributed by atoms with Crippen molar-refractivity contribution in [3.05, 3.63) is 46.3 Å². The van der Waals surface area contributed by atoms with Crippen LogP contribution in [0.3, 0.4) is 0 Å². The van der Waals surface area contributed by atoms with E-state index in [0.29, 0.717) is 31.1 Å². The Morgan fingerprint density at radius 1 is 1.04 bits per heavy atom. The normalized spacial score (nSPS) is 15.8. The number of hydrogen-bond donors (Lipinski definition) is 0. The molecule has 146 valence electrons. The first-order valence-electron chi connectivity index (χ1n) is 8.84. The van der Waals surface area contributed by atoms with Crippen molar-refractivity contribution in [3.63, 3.8) is 0 Å². The summed E-state index contributed by atoms with van der Waals surface area (Å²) in [7, 11) is -0.259. The van der Waals surface area contributed by atoms with Gasteiger partial charge in [0.2, 0.25) is 0 Å².